The molecule has 3 aromatic rings. The van der Waals surface area contributed by atoms with E-state index < -0.39 is 11.7 Å². The summed E-state index contributed by atoms with van der Waals surface area (Å²) in [5.41, 5.74) is 2.37. The minimum Gasteiger partial charge on any atom is -0.346 e. The Morgan fingerprint density at radius 2 is 1.89 bits per heavy atom. The van der Waals surface area contributed by atoms with Crippen LogP contribution < -0.4 is 10.6 Å². The number of rotatable bonds is 5. The second kappa shape index (κ2) is 8.09. The molecule has 2 aromatic carbocycles. The van der Waals surface area contributed by atoms with Crippen LogP contribution in [0.5, 0.6) is 0 Å². The van der Waals surface area contributed by atoms with Crippen molar-refractivity contribution in [1.82, 2.24) is 10.3 Å². The number of carbonyl (C=O) groups excluding carboxylic acids is 2. The van der Waals surface area contributed by atoms with Crippen LogP contribution in [-0.4, -0.2) is 16.8 Å². The first-order chi connectivity index (χ1) is 12.9. The molecule has 2 N–H and O–H groups in total. The maximum atomic E-state index is 13.8. The minimum absolute atomic E-state index is 0.0503. The van der Waals surface area contributed by atoms with Crippen molar-refractivity contribution in [3.8, 4) is 0 Å². The number of aromatic nitrogens is 1. The highest BCUT2D eigenvalue weighted by Crippen LogP contribution is 2.19. The summed E-state index contributed by atoms with van der Waals surface area (Å²) >= 11 is 1.52. The molecule has 0 saturated heterocycles. The number of nitrogens with one attached hydrogen (secondary N) is 2. The zero-order chi connectivity index (χ0) is 19.4. The second-order valence-electron chi connectivity index (χ2n) is 6.00. The fourth-order valence-electron chi connectivity index (χ4n) is 2.50. The van der Waals surface area contributed by atoms with Crippen LogP contribution in [0, 0.1) is 19.7 Å². The smallest absolute Gasteiger partial charge is 0.258 e. The van der Waals surface area contributed by atoms with Crippen LogP contribution in [0.4, 0.5) is 10.1 Å². The van der Waals surface area contributed by atoms with E-state index in [1.807, 2.05) is 12.3 Å². The molecule has 0 unspecified atom stereocenters. The summed E-state index contributed by atoms with van der Waals surface area (Å²) in [5, 5.41) is 8.30. The number of nitrogens with zero attached hydrogens (tertiary/aromatic N) is 1. The number of amides is 2. The largest absolute Gasteiger partial charge is 0.346 e. The maximum absolute atomic E-state index is 13.8. The zero-order valence-corrected chi connectivity index (χ0v) is 15.7. The molecular formula is C20H18FN3O2S. The monoisotopic (exact) mass is 383 g/mol. The van der Waals surface area contributed by atoms with Crippen molar-refractivity contribution in [2.75, 3.05) is 5.32 Å². The van der Waals surface area contributed by atoms with E-state index in [9.17, 15) is 14.0 Å². The minimum atomic E-state index is -0.597. The lowest BCUT2D eigenvalue weighted by atomic mass is 10.1. The molecule has 0 radical (unpaired) electrons. The first-order valence-corrected chi connectivity index (χ1v) is 9.18. The van der Waals surface area contributed by atoms with Gasteiger partial charge in [-0.2, -0.15) is 0 Å². The lowest BCUT2D eigenvalue weighted by Crippen LogP contribution is -2.23. The summed E-state index contributed by atoms with van der Waals surface area (Å²) in [5.74, 6) is -1.44. The number of benzene rings is 2. The number of hydrogen-bond acceptors (Lipinski definition) is 4. The number of carbonyl (C=O) groups is 2. The summed E-state index contributed by atoms with van der Waals surface area (Å²) in [4.78, 5) is 29.0. The van der Waals surface area contributed by atoms with Gasteiger partial charge in [-0.3, -0.25) is 9.59 Å². The Kier molecular flexibility index (Phi) is 5.61. The van der Waals surface area contributed by atoms with E-state index in [0.29, 0.717) is 17.8 Å². The SMILES string of the molecule is Cc1nc(CNC(=O)c2ccc(C)c(NC(=O)c3ccccc3F)c2)cs1. The fourth-order valence-corrected chi connectivity index (χ4v) is 3.11. The van der Waals surface area contributed by atoms with E-state index in [1.165, 1.54) is 29.5 Å². The molecular weight excluding hydrogens is 365 g/mol. The average Bonchev–Trinajstić information content (AvgIpc) is 3.07. The first kappa shape index (κ1) is 18.7. The molecule has 0 aliphatic heterocycles. The summed E-state index contributed by atoms with van der Waals surface area (Å²) in [6, 6.07) is 10.7. The molecule has 0 saturated carbocycles. The molecule has 0 fully saturated rings. The van der Waals surface area contributed by atoms with Gasteiger partial charge >= 0.3 is 0 Å². The van der Waals surface area contributed by atoms with E-state index in [2.05, 4.69) is 15.6 Å². The Hall–Kier alpha value is -3.06. The van der Waals surface area contributed by atoms with Crippen LogP contribution in [0.25, 0.3) is 0 Å². The third-order valence-corrected chi connectivity index (χ3v) is 4.79. The highest BCUT2D eigenvalue weighted by atomic mass is 32.1. The van der Waals surface area contributed by atoms with Gasteiger partial charge in [0.1, 0.15) is 5.82 Å². The highest BCUT2D eigenvalue weighted by molar-refractivity contribution is 7.09. The van der Waals surface area contributed by atoms with E-state index >= 15 is 0 Å². The number of thiazole rings is 1. The van der Waals surface area contributed by atoms with E-state index in [-0.39, 0.29) is 11.5 Å². The standard InChI is InChI=1S/C20H18FN3O2S/c1-12-7-8-14(19(25)22-10-15-11-27-13(2)23-15)9-18(12)24-20(26)16-5-3-4-6-17(16)21/h3-9,11H,10H2,1-2H3,(H,22,25)(H,24,26). The molecule has 1 aromatic heterocycles. The molecule has 27 heavy (non-hydrogen) atoms. The van der Waals surface area contributed by atoms with Gasteiger partial charge in [-0.05, 0) is 43.7 Å². The molecule has 5 nitrogen and oxygen atoms in total. The van der Waals surface area contributed by atoms with Crippen molar-refractivity contribution < 1.29 is 14.0 Å². The van der Waals surface area contributed by atoms with Crippen LogP contribution in [0.15, 0.2) is 47.8 Å². The van der Waals surface area contributed by atoms with Crippen molar-refractivity contribution in [2.45, 2.75) is 20.4 Å². The Labute approximate surface area is 160 Å². The van der Waals surface area contributed by atoms with Crippen LogP contribution in [0.2, 0.25) is 0 Å². The zero-order valence-electron chi connectivity index (χ0n) is 14.9. The van der Waals surface area contributed by atoms with Gasteiger partial charge in [0, 0.05) is 16.6 Å². The van der Waals surface area contributed by atoms with Gasteiger partial charge in [0.25, 0.3) is 11.8 Å². The molecule has 0 aliphatic rings. The number of halogens is 1. The lowest BCUT2D eigenvalue weighted by molar-refractivity contribution is 0.0949. The fraction of sp³-hybridized carbons (Fsp3) is 0.150. The normalized spacial score (nSPS) is 10.5. The van der Waals surface area contributed by atoms with E-state index in [4.69, 9.17) is 0 Å². The van der Waals surface area contributed by atoms with Crippen molar-refractivity contribution in [2.24, 2.45) is 0 Å². The molecule has 0 atom stereocenters. The van der Waals surface area contributed by atoms with E-state index in [0.717, 1.165) is 16.3 Å². The predicted molar refractivity (Wildman–Crippen MR) is 104 cm³/mol. The molecule has 138 valence electrons. The molecule has 0 spiro atoms. The second-order valence-corrected chi connectivity index (χ2v) is 7.07. The highest BCUT2D eigenvalue weighted by Gasteiger charge is 2.14. The third kappa shape index (κ3) is 4.57. The Bertz CT molecular complexity index is 1000. The van der Waals surface area contributed by atoms with Crippen LogP contribution in [-0.2, 0) is 6.54 Å². The van der Waals surface area contributed by atoms with Crippen molar-refractivity contribution in [3.63, 3.8) is 0 Å². The van der Waals surface area contributed by atoms with E-state index in [1.54, 1.807) is 31.2 Å². The van der Waals surface area contributed by atoms with Gasteiger partial charge in [0.05, 0.1) is 22.8 Å². The van der Waals surface area contributed by atoms with Gasteiger partial charge in [-0.15, -0.1) is 11.3 Å². The Morgan fingerprint density at radius 3 is 2.59 bits per heavy atom. The summed E-state index contributed by atoms with van der Waals surface area (Å²) in [7, 11) is 0. The van der Waals surface area contributed by atoms with Crippen molar-refractivity contribution >= 4 is 28.8 Å². The molecule has 0 aliphatic carbocycles. The molecule has 0 bridgehead atoms. The van der Waals surface area contributed by atoms with Crippen molar-refractivity contribution in [1.29, 1.82) is 0 Å². The number of aryl methyl sites for hydroxylation is 2. The van der Waals surface area contributed by atoms with Gasteiger partial charge in [-0.1, -0.05) is 18.2 Å². The maximum Gasteiger partial charge on any atom is 0.258 e. The summed E-state index contributed by atoms with van der Waals surface area (Å²) in [6.07, 6.45) is 0. The first-order valence-electron chi connectivity index (χ1n) is 8.30. The third-order valence-electron chi connectivity index (χ3n) is 3.96. The molecule has 7 heteroatoms. The Balaban J connectivity index is 1.72. The van der Waals surface area contributed by atoms with Crippen LogP contribution in [0.3, 0.4) is 0 Å². The van der Waals surface area contributed by atoms with Gasteiger partial charge in [0.15, 0.2) is 0 Å². The molecule has 3 rings (SSSR count). The van der Waals surface area contributed by atoms with Crippen LogP contribution in [0.1, 0.15) is 37.0 Å². The van der Waals surface area contributed by atoms with Gasteiger partial charge < -0.3 is 10.6 Å². The van der Waals surface area contributed by atoms with Gasteiger partial charge in [-0.25, -0.2) is 9.37 Å². The quantitative estimate of drug-likeness (QED) is 0.697. The lowest BCUT2D eigenvalue weighted by Gasteiger charge is -2.11. The van der Waals surface area contributed by atoms with Crippen molar-refractivity contribution in [3.05, 3.63) is 81.1 Å². The number of anilines is 1. The van der Waals surface area contributed by atoms with Crippen LogP contribution >= 0.6 is 11.3 Å². The molecule has 2 amide bonds. The number of hydrogen-bond donors (Lipinski definition) is 2. The summed E-state index contributed by atoms with van der Waals surface area (Å²) in [6.45, 7) is 4.03. The molecule has 1 heterocycles. The summed E-state index contributed by atoms with van der Waals surface area (Å²) < 4.78 is 13.8. The predicted octanol–water partition coefficient (Wildman–Crippen LogP) is 4.08. The van der Waals surface area contributed by atoms with Gasteiger partial charge in [0.2, 0.25) is 0 Å². The topological polar surface area (TPSA) is 71.1 Å². The average molecular weight is 383 g/mol. The Morgan fingerprint density at radius 1 is 1.11 bits per heavy atom.